The second-order valence-electron chi connectivity index (χ2n) is 3.71. The summed E-state index contributed by atoms with van der Waals surface area (Å²) in [5.74, 6) is 0.262. The van der Waals surface area contributed by atoms with Crippen molar-refractivity contribution in [3.05, 3.63) is 0 Å². The highest BCUT2D eigenvalue weighted by molar-refractivity contribution is 5.84. The maximum atomic E-state index is 11.6. The molecule has 0 bridgehead atoms. The molecule has 1 unspecified atom stereocenters. The van der Waals surface area contributed by atoms with Crippen LogP contribution in [0.1, 0.15) is 25.7 Å². The highest BCUT2D eigenvalue weighted by Gasteiger charge is 2.27. The van der Waals surface area contributed by atoms with E-state index >= 15 is 0 Å². The lowest BCUT2D eigenvalue weighted by atomic mass is 9.93. The monoisotopic (exact) mass is 201 g/mol. The Labute approximate surface area is 84.5 Å². The van der Waals surface area contributed by atoms with E-state index in [2.05, 4.69) is 0 Å². The number of hydrogen-bond donors (Lipinski definition) is 2. The molecule has 1 aliphatic rings. The molecule has 0 aromatic carbocycles. The van der Waals surface area contributed by atoms with E-state index in [-0.39, 0.29) is 25.0 Å². The number of hydrogen-bond acceptors (Lipinski definition) is 4. The van der Waals surface area contributed by atoms with Crippen LogP contribution in [0.25, 0.3) is 0 Å². The third-order valence-electron chi connectivity index (χ3n) is 2.74. The lowest BCUT2D eigenvalue weighted by Gasteiger charge is -2.32. The van der Waals surface area contributed by atoms with Gasteiger partial charge in [-0.15, -0.1) is 0 Å². The van der Waals surface area contributed by atoms with Crippen LogP contribution in [0.3, 0.4) is 0 Å². The van der Waals surface area contributed by atoms with Crippen molar-refractivity contribution in [3.63, 3.8) is 0 Å². The van der Waals surface area contributed by atoms with Gasteiger partial charge in [-0.2, -0.15) is 0 Å². The van der Waals surface area contributed by atoms with Crippen LogP contribution in [-0.4, -0.2) is 53.2 Å². The quantitative estimate of drug-likeness (QED) is 0.646. The minimum absolute atomic E-state index is 0.0454. The molecule has 0 aromatic rings. The Hall–Kier alpha value is -0.450. The lowest BCUT2D eigenvalue weighted by Crippen LogP contribution is -2.45. The summed E-state index contributed by atoms with van der Waals surface area (Å²) in [5, 5.41) is 17.7. The van der Waals surface area contributed by atoms with Gasteiger partial charge < -0.3 is 10.2 Å². The van der Waals surface area contributed by atoms with E-state index in [1.54, 1.807) is 0 Å². The normalized spacial score (nSPS) is 23.1. The molecule has 14 heavy (non-hydrogen) atoms. The number of Topliss-reactive ketones (excluding diaryl/α,β-unsaturated/α-hetero) is 1. The second-order valence-corrected chi connectivity index (χ2v) is 3.71. The third-order valence-corrected chi connectivity index (χ3v) is 2.74. The van der Waals surface area contributed by atoms with Gasteiger partial charge in [-0.05, 0) is 12.8 Å². The van der Waals surface area contributed by atoms with E-state index in [0.29, 0.717) is 19.5 Å². The van der Waals surface area contributed by atoms with E-state index in [9.17, 15) is 4.79 Å². The minimum atomic E-state index is -0.0666. The number of nitrogens with zero attached hydrogens (tertiary/aromatic N) is 1. The SMILES string of the molecule is O=C1CCCCC1N(CCO)CCO. The third kappa shape index (κ3) is 3.04. The zero-order valence-electron chi connectivity index (χ0n) is 8.48. The van der Waals surface area contributed by atoms with Crippen LogP contribution in [0.15, 0.2) is 0 Å². The molecule has 0 radical (unpaired) electrons. The Morgan fingerprint density at radius 1 is 1.21 bits per heavy atom. The number of aliphatic hydroxyl groups excluding tert-OH is 2. The van der Waals surface area contributed by atoms with Gasteiger partial charge in [0, 0.05) is 19.5 Å². The van der Waals surface area contributed by atoms with Gasteiger partial charge in [0.15, 0.2) is 0 Å². The molecule has 4 heteroatoms. The van der Waals surface area contributed by atoms with Crippen molar-refractivity contribution in [2.75, 3.05) is 26.3 Å². The van der Waals surface area contributed by atoms with Crippen molar-refractivity contribution in [2.45, 2.75) is 31.7 Å². The maximum absolute atomic E-state index is 11.6. The zero-order chi connectivity index (χ0) is 10.4. The molecule has 0 amide bonds. The summed E-state index contributed by atoms with van der Waals surface area (Å²) < 4.78 is 0. The Morgan fingerprint density at radius 3 is 2.36 bits per heavy atom. The highest BCUT2D eigenvalue weighted by atomic mass is 16.3. The number of rotatable bonds is 5. The zero-order valence-corrected chi connectivity index (χ0v) is 8.48. The van der Waals surface area contributed by atoms with Gasteiger partial charge in [-0.25, -0.2) is 0 Å². The minimum Gasteiger partial charge on any atom is -0.395 e. The Morgan fingerprint density at radius 2 is 1.86 bits per heavy atom. The maximum Gasteiger partial charge on any atom is 0.149 e. The average molecular weight is 201 g/mol. The summed E-state index contributed by atoms with van der Waals surface area (Å²) in [6.07, 6.45) is 3.59. The molecule has 0 aromatic heterocycles. The van der Waals surface area contributed by atoms with Crippen molar-refractivity contribution in [1.82, 2.24) is 4.90 Å². The van der Waals surface area contributed by atoms with Gasteiger partial charge in [0.05, 0.1) is 19.3 Å². The molecule has 1 fully saturated rings. The topological polar surface area (TPSA) is 60.8 Å². The van der Waals surface area contributed by atoms with Crippen LogP contribution in [0.2, 0.25) is 0 Å². The van der Waals surface area contributed by atoms with Crippen LogP contribution in [-0.2, 0) is 4.79 Å². The molecule has 1 saturated carbocycles. The van der Waals surface area contributed by atoms with Gasteiger partial charge in [0.2, 0.25) is 0 Å². The first kappa shape index (κ1) is 11.6. The molecule has 1 aliphatic carbocycles. The number of ketones is 1. The summed E-state index contributed by atoms with van der Waals surface area (Å²) in [7, 11) is 0. The van der Waals surface area contributed by atoms with E-state index in [4.69, 9.17) is 10.2 Å². The molecular formula is C10H19NO3. The molecule has 2 N–H and O–H groups in total. The predicted molar refractivity (Wildman–Crippen MR) is 53.0 cm³/mol. The summed E-state index contributed by atoms with van der Waals surface area (Å²) in [5.41, 5.74) is 0. The predicted octanol–water partition coefficient (Wildman–Crippen LogP) is -0.215. The van der Waals surface area contributed by atoms with E-state index < -0.39 is 0 Å². The Bertz CT molecular complexity index is 178. The lowest BCUT2D eigenvalue weighted by molar-refractivity contribution is -0.126. The van der Waals surface area contributed by atoms with Crippen molar-refractivity contribution < 1.29 is 15.0 Å². The summed E-state index contributed by atoms with van der Waals surface area (Å²) in [4.78, 5) is 13.5. The molecule has 4 nitrogen and oxygen atoms in total. The van der Waals surface area contributed by atoms with E-state index in [1.165, 1.54) is 0 Å². The van der Waals surface area contributed by atoms with Crippen molar-refractivity contribution in [1.29, 1.82) is 0 Å². The summed E-state index contributed by atoms with van der Waals surface area (Å²) in [6, 6.07) is -0.0666. The Kier molecular flexibility index (Phi) is 5.07. The van der Waals surface area contributed by atoms with Crippen LogP contribution in [0.5, 0.6) is 0 Å². The number of carbonyl (C=O) groups excluding carboxylic acids is 1. The average Bonchev–Trinajstić information content (AvgIpc) is 2.18. The molecule has 1 rings (SSSR count). The van der Waals surface area contributed by atoms with Gasteiger partial charge in [-0.3, -0.25) is 9.69 Å². The number of aliphatic hydroxyl groups is 2. The molecule has 0 spiro atoms. The van der Waals surface area contributed by atoms with Crippen molar-refractivity contribution in [2.24, 2.45) is 0 Å². The standard InChI is InChI=1S/C10H19NO3/c12-7-5-11(6-8-13)9-3-1-2-4-10(9)14/h9,12-13H,1-8H2. The van der Waals surface area contributed by atoms with Gasteiger partial charge in [0.25, 0.3) is 0 Å². The van der Waals surface area contributed by atoms with Gasteiger partial charge in [0.1, 0.15) is 5.78 Å². The van der Waals surface area contributed by atoms with Crippen molar-refractivity contribution >= 4 is 5.78 Å². The fraction of sp³-hybridized carbons (Fsp3) is 0.900. The molecular weight excluding hydrogens is 182 g/mol. The highest BCUT2D eigenvalue weighted by Crippen LogP contribution is 2.19. The fourth-order valence-corrected chi connectivity index (χ4v) is 2.03. The molecule has 1 atom stereocenters. The first-order valence-corrected chi connectivity index (χ1v) is 5.28. The summed E-state index contributed by atoms with van der Waals surface area (Å²) >= 11 is 0. The van der Waals surface area contributed by atoms with E-state index in [1.807, 2.05) is 4.90 Å². The van der Waals surface area contributed by atoms with Crippen LogP contribution in [0, 0.1) is 0 Å². The van der Waals surface area contributed by atoms with E-state index in [0.717, 1.165) is 19.3 Å². The largest absolute Gasteiger partial charge is 0.395 e. The molecule has 0 heterocycles. The Balaban J connectivity index is 2.50. The first-order chi connectivity index (χ1) is 6.79. The second kappa shape index (κ2) is 6.11. The smallest absolute Gasteiger partial charge is 0.149 e. The number of carbonyl (C=O) groups is 1. The van der Waals surface area contributed by atoms with Crippen LogP contribution >= 0.6 is 0 Å². The molecule has 0 saturated heterocycles. The first-order valence-electron chi connectivity index (χ1n) is 5.28. The molecule has 0 aliphatic heterocycles. The van der Waals surface area contributed by atoms with Crippen LogP contribution < -0.4 is 0 Å². The van der Waals surface area contributed by atoms with Crippen LogP contribution in [0.4, 0.5) is 0 Å². The molecule has 82 valence electrons. The fourth-order valence-electron chi connectivity index (χ4n) is 2.03. The van der Waals surface area contributed by atoms with Crippen molar-refractivity contribution in [3.8, 4) is 0 Å². The van der Waals surface area contributed by atoms with Gasteiger partial charge in [-0.1, -0.05) is 6.42 Å². The van der Waals surface area contributed by atoms with Gasteiger partial charge >= 0.3 is 0 Å². The summed E-state index contributed by atoms with van der Waals surface area (Å²) in [6.45, 7) is 1.06.